The van der Waals surface area contributed by atoms with E-state index in [0.29, 0.717) is 6.54 Å². The molecule has 8 heteroatoms. The van der Waals surface area contributed by atoms with Crippen molar-refractivity contribution in [2.75, 3.05) is 20.1 Å². The summed E-state index contributed by atoms with van der Waals surface area (Å²) in [6, 6.07) is 6.40. The normalized spacial score (nSPS) is 12.4. The van der Waals surface area contributed by atoms with Gasteiger partial charge in [0.1, 0.15) is 0 Å². The summed E-state index contributed by atoms with van der Waals surface area (Å²) in [6.07, 6.45) is 0.251. The highest BCUT2D eigenvalue weighted by Gasteiger charge is 2.15. The van der Waals surface area contributed by atoms with Gasteiger partial charge in [-0.05, 0) is 26.0 Å². The largest absolute Gasteiger partial charge is 0.344 e. The maximum absolute atomic E-state index is 12.0. The van der Waals surface area contributed by atoms with Crippen LogP contribution in [0.5, 0.6) is 0 Å². The lowest BCUT2D eigenvalue weighted by atomic mass is 10.2. The van der Waals surface area contributed by atoms with Crippen LogP contribution >= 0.6 is 12.4 Å². The summed E-state index contributed by atoms with van der Waals surface area (Å²) in [5.74, 6) is -0.0977. The number of halogens is 1. The van der Waals surface area contributed by atoms with E-state index in [0.717, 1.165) is 5.56 Å². The molecule has 0 aliphatic heterocycles. The number of nitrogens with two attached hydrogens (primary N) is 1. The number of rotatable bonds is 7. The van der Waals surface area contributed by atoms with E-state index in [4.69, 9.17) is 5.73 Å². The topological polar surface area (TPSA) is 92.5 Å². The molecule has 1 rings (SSSR count). The molecule has 1 aromatic carbocycles. The van der Waals surface area contributed by atoms with Crippen molar-refractivity contribution in [1.82, 2.24) is 9.62 Å². The lowest BCUT2D eigenvalue weighted by molar-refractivity contribution is -0.130. The van der Waals surface area contributed by atoms with Gasteiger partial charge >= 0.3 is 0 Å². The Labute approximate surface area is 138 Å². The zero-order valence-electron chi connectivity index (χ0n) is 13.1. The average molecular weight is 350 g/mol. The van der Waals surface area contributed by atoms with E-state index in [1.807, 2.05) is 6.92 Å². The molecule has 0 aliphatic rings. The highest BCUT2D eigenvalue weighted by Crippen LogP contribution is 2.09. The third kappa shape index (κ3) is 6.74. The number of hydrogen-bond donors (Lipinski definition) is 2. The van der Waals surface area contributed by atoms with Crippen LogP contribution in [0.15, 0.2) is 29.2 Å². The van der Waals surface area contributed by atoms with Gasteiger partial charge < -0.3 is 10.6 Å². The van der Waals surface area contributed by atoms with Crippen LogP contribution in [0.4, 0.5) is 0 Å². The summed E-state index contributed by atoms with van der Waals surface area (Å²) >= 11 is 0. The quantitative estimate of drug-likeness (QED) is 0.764. The second kappa shape index (κ2) is 9.09. The van der Waals surface area contributed by atoms with Crippen molar-refractivity contribution in [3.63, 3.8) is 0 Å². The zero-order chi connectivity index (χ0) is 16.0. The van der Waals surface area contributed by atoms with Crippen molar-refractivity contribution in [3.05, 3.63) is 29.8 Å². The van der Waals surface area contributed by atoms with Gasteiger partial charge in [-0.2, -0.15) is 0 Å². The number of nitrogens with one attached hydrogen (secondary N) is 1. The van der Waals surface area contributed by atoms with Crippen molar-refractivity contribution in [1.29, 1.82) is 0 Å². The summed E-state index contributed by atoms with van der Waals surface area (Å²) in [5, 5.41) is 0. The third-order valence-electron chi connectivity index (χ3n) is 2.99. The van der Waals surface area contributed by atoms with Gasteiger partial charge in [-0.15, -0.1) is 12.4 Å². The highest BCUT2D eigenvalue weighted by molar-refractivity contribution is 7.89. The van der Waals surface area contributed by atoms with E-state index in [1.165, 1.54) is 4.90 Å². The summed E-state index contributed by atoms with van der Waals surface area (Å²) in [5.41, 5.74) is 6.55. The van der Waals surface area contributed by atoms with Gasteiger partial charge in [0.2, 0.25) is 15.9 Å². The molecule has 0 spiro atoms. The first-order valence-electron chi connectivity index (χ1n) is 6.78. The molecule has 0 bridgehead atoms. The van der Waals surface area contributed by atoms with Gasteiger partial charge in [0.25, 0.3) is 0 Å². The molecule has 0 saturated heterocycles. The molecule has 1 aromatic rings. The van der Waals surface area contributed by atoms with Gasteiger partial charge in [-0.3, -0.25) is 4.79 Å². The monoisotopic (exact) mass is 349 g/mol. The zero-order valence-corrected chi connectivity index (χ0v) is 14.7. The van der Waals surface area contributed by atoms with Crippen molar-refractivity contribution >= 4 is 28.3 Å². The Morgan fingerprint density at radius 1 is 1.32 bits per heavy atom. The minimum Gasteiger partial charge on any atom is -0.344 e. The van der Waals surface area contributed by atoms with Crippen molar-refractivity contribution < 1.29 is 13.2 Å². The number of amides is 1. The molecular weight excluding hydrogens is 326 g/mol. The van der Waals surface area contributed by atoms with Gasteiger partial charge in [-0.25, -0.2) is 13.1 Å². The molecule has 0 saturated carbocycles. The van der Waals surface area contributed by atoms with Gasteiger partial charge in [0.05, 0.1) is 4.90 Å². The lowest BCUT2D eigenvalue weighted by Crippen LogP contribution is -2.38. The van der Waals surface area contributed by atoms with Crippen LogP contribution in [0.2, 0.25) is 0 Å². The minimum absolute atomic E-state index is 0. The summed E-state index contributed by atoms with van der Waals surface area (Å²) in [7, 11) is -1.90. The van der Waals surface area contributed by atoms with Crippen molar-refractivity contribution in [2.45, 2.75) is 31.2 Å². The first-order valence-corrected chi connectivity index (χ1v) is 8.26. The van der Waals surface area contributed by atoms with E-state index in [9.17, 15) is 13.2 Å². The second-order valence-corrected chi connectivity index (χ2v) is 6.97. The molecule has 0 aliphatic carbocycles. The molecule has 1 amide bonds. The van der Waals surface area contributed by atoms with Crippen molar-refractivity contribution in [3.8, 4) is 0 Å². The average Bonchev–Trinajstić information content (AvgIpc) is 2.38. The summed E-state index contributed by atoms with van der Waals surface area (Å²) in [4.78, 5) is 13.4. The van der Waals surface area contributed by atoms with Gasteiger partial charge in [-0.1, -0.05) is 17.7 Å². The van der Waals surface area contributed by atoms with Crippen molar-refractivity contribution in [2.24, 2.45) is 5.73 Å². The van der Waals surface area contributed by atoms with Crippen LogP contribution in [0.25, 0.3) is 0 Å². The molecule has 6 nitrogen and oxygen atoms in total. The molecule has 0 radical (unpaired) electrons. The lowest BCUT2D eigenvalue weighted by Gasteiger charge is -2.18. The van der Waals surface area contributed by atoms with Crippen LogP contribution < -0.4 is 10.5 Å². The standard InChI is InChI=1S/C14H23N3O3S.ClH/c1-11-4-6-13(7-5-11)21(19,20)16-8-9-17(3)14(18)10-12(2)15;/h4-7,12,16H,8-10,15H2,1-3H3;1H. The van der Waals surface area contributed by atoms with Crippen LogP contribution in [0, 0.1) is 6.92 Å². The fourth-order valence-corrected chi connectivity index (χ4v) is 2.73. The Hall–Kier alpha value is -1.15. The van der Waals surface area contributed by atoms with E-state index in [-0.39, 0.29) is 42.2 Å². The Morgan fingerprint density at radius 3 is 2.36 bits per heavy atom. The fourth-order valence-electron chi connectivity index (χ4n) is 1.70. The van der Waals surface area contributed by atoms with Crippen LogP contribution in [0.3, 0.4) is 0 Å². The molecule has 0 fully saturated rings. The predicted octanol–water partition coefficient (Wildman–Crippen LogP) is 0.891. The number of likely N-dealkylation sites (N-methyl/N-ethyl adjacent to an activating group) is 1. The second-order valence-electron chi connectivity index (χ2n) is 5.21. The SMILES string of the molecule is Cc1ccc(S(=O)(=O)NCCN(C)C(=O)CC(C)N)cc1.Cl. The molecular formula is C14H24ClN3O3S. The number of nitrogens with zero attached hydrogens (tertiary/aromatic N) is 1. The number of sulfonamides is 1. The van der Waals surface area contributed by atoms with Gasteiger partial charge in [0, 0.05) is 32.6 Å². The number of aryl methyl sites for hydroxylation is 1. The van der Waals surface area contributed by atoms with Crippen LogP contribution in [0.1, 0.15) is 18.9 Å². The molecule has 1 unspecified atom stereocenters. The van der Waals surface area contributed by atoms with E-state index in [2.05, 4.69) is 4.72 Å². The summed E-state index contributed by atoms with van der Waals surface area (Å²) < 4.78 is 26.6. The number of hydrogen-bond acceptors (Lipinski definition) is 4. The number of carbonyl (C=O) groups is 1. The fraction of sp³-hybridized carbons (Fsp3) is 0.500. The van der Waals surface area contributed by atoms with E-state index in [1.54, 1.807) is 38.2 Å². The maximum Gasteiger partial charge on any atom is 0.240 e. The summed E-state index contributed by atoms with van der Waals surface area (Å²) in [6.45, 7) is 4.11. The Kier molecular flexibility index (Phi) is 8.62. The Bertz CT molecular complexity index is 574. The first-order chi connectivity index (χ1) is 9.72. The maximum atomic E-state index is 12.0. The molecule has 0 aromatic heterocycles. The number of carbonyl (C=O) groups excluding carboxylic acids is 1. The minimum atomic E-state index is -3.53. The third-order valence-corrected chi connectivity index (χ3v) is 4.47. The Morgan fingerprint density at radius 2 is 1.86 bits per heavy atom. The first kappa shape index (κ1) is 20.9. The molecule has 22 heavy (non-hydrogen) atoms. The van der Waals surface area contributed by atoms with Gasteiger partial charge in [0.15, 0.2) is 0 Å². The van der Waals surface area contributed by atoms with E-state index >= 15 is 0 Å². The molecule has 3 N–H and O–H groups in total. The highest BCUT2D eigenvalue weighted by atomic mass is 35.5. The molecule has 0 heterocycles. The van der Waals surface area contributed by atoms with Crippen LogP contribution in [-0.2, 0) is 14.8 Å². The number of benzene rings is 1. The predicted molar refractivity (Wildman–Crippen MR) is 89.5 cm³/mol. The van der Waals surface area contributed by atoms with E-state index < -0.39 is 10.0 Å². The van der Waals surface area contributed by atoms with Crippen LogP contribution in [-0.4, -0.2) is 45.4 Å². The molecule has 1 atom stereocenters. The smallest absolute Gasteiger partial charge is 0.240 e. The molecule has 126 valence electrons. The Balaban J connectivity index is 0.00000441.